The van der Waals surface area contributed by atoms with E-state index in [0.29, 0.717) is 29.5 Å². The molecule has 1 atom stereocenters. The third-order valence-electron chi connectivity index (χ3n) is 5.39. The number of nitrogens with one attached hydrogen (secondary N) is 2. The van der Waals surface area contributed by atoms with Crippen LogP contribution in [0.3, 0.4) is 0 Å². The van der Waals surface area contributed by atoms with Gasteiger partial charge in [-0.2, -0.15) is 0 Å². The van der Waals surface area contributed by atoms with Crippen LogP contribution in [0.4, 0.5) is 5.69 Å². The normalized spacial score (nSPS) is 16.0. The number of allylic oxidation sites excluding steroid dienone is 1. The number of benzene rings is 2. The van der Waals surface area contributed by atoms with Gasteiger partial charge in [0.05, 0.1) is 24.6 Å². The summed E-state index contributed by atoms with van der Waals surface area (Å²) in [5.41, 5.74) is 3.73. The zero-order chi connectivity index (χ0) is 24.0. The summed E-state index contributed by atoms with van der Waals surface area (Å²) in [5.74, 6) is -0.236. The number of hydrogen-bond donors (Lipinski definition) is 2. The topological polar surface area (TPSA) is 70.7 Å². The summed E-state index contributed by atoms with van der Waals surface area (Å²) < 4.78 is 5.58. The molecule has 0 radical (unpaired) electrons. The maximum Gasteiger partial charge on any atom is 0.338 e. The Labute approximate surface area is 201 Å². The molecule has 2 aromatic carbocycles. The summed E-state index contributed by atoms with van der Waals surface area (Å²) >= 11 is 5.56. The van der Waals surface area contributed by atoms with Crippen molar-refractivity contribution in [1.82, 2.24) is 10.2 Å². The van der Waals surface area contributed by atoms with E-state index in [2.05, 4.69) is 10.6 Å². The molecule has 33 heavy (non-hydrogen) atoms. The van der Waals surface area contributed by atoms with Gasteiger partial charge < -0.3 is 20.3 Å². The van der Waals surface area contributed by atoms with Gasteiger partial charge in [-0.15, -0.1) is 0 Å². The van der Waals surface area contributed by atoms with Crippen molar-refractivity contribution in [2.75, 3.05) is 18.5 Å². The number of carbonyl (C=O) groups is 2. The minimum Gasteiger partial charge on any atom is -0.462 e. The second-order valence-electron chi connectivity index (χ2n) is 8.45. The van der Waals surface area contributed by atoms with Crippen molar-refractivity contribution < 1.29 is 14.3 Å². The lowest BCUT2D eigenvalue weighted by atomic mass is 9.94. The molecule has 2 N–H and O–H groups in total. The van der Waals surface area contributed by atoms with Gasteiger partial charge in [0.25, 0.3) is 0 Å². The van der Waals surface area contributed by atoms with E-state index in [1.165, 1.54) is 0 Å². The summed E-state index contributed by atoms with van der Waals surface area (Å²) in [5, 5.41) is 6.80. The molecule has 2 aromatic rings. The van der Waals surface area contributed by atoms with Gasteiger partial charge in [-0.25, -0.2) is 4.79 Å². The monoisotopic (exact) mass is 465 g/mol. The predicted octanol–water partition coefficient (Wildman–Crippen LogP) is 4.59. The average molecular weight is 466 g/mol. The first-order valence-corrected chi connectivity index (χ1v) is 11.6. The molecule has 0 aromatic heterocycles. The van der Waals surface area contributed by atoms with Crippen LogP contribution in [0.5, 0.6) is 0 Å². The number of amides is 1. The first kappa shape index (κ1) is 24.5. The average Bonchev–Trinajstić information content (AvgIpc) is 2.78. The van der Waals surface area contributed by atoms with Gasteiger partial charge in [0.1, 0.15) is 0 Å². The van der Waals surface area contributed by atoms with Gasteiger partial charge in [0.2, 0.25) is 5.91 Å². The van der Waals surface area contributed by atoms with Crippen molar-refractivity contribution in [2.24, 2.45) is 5.92 Å². The number of nitrogens with zero attached hydrogens (tertiary/aromatic N) is 1. The minimum absolute atomic E-state index is 0.106. The molecule has 0 saturated heterocycles. The molecule has 1 amide bonds. The smallest absolute Gasteiger partial charge is 0.338 e. The second-order valence-corrected chi connectivity index (χ2v) is 8.84. The second kappa shape index (κ2) is 11.1. The maximum absolute atomic E-state index is 13.1. The van der Waals surface area contributed by atoms with E-state index in [0.717, 1.165) is 16.8 Å². The fourth-order valence-corrected chi connectivity index (χ4v) is 4.16. The fourth-order valence-electron chi connectivity index (χ4n) is 3.78. The highest BCUT2D eigenvalue weighted by Crippen LogP contribution is 2.32. The van der Waals surface area contributed by atoms with E-state index in [9.17, 15) is 9.59 Å². The highest BCUT2D eigenvalue weighted by Gasteiger charge is 2.34. The maximum atomic E-state index is 13.1. The molecule has 0 saturated carbocycles. The van der Waals surface area contributed by atoms with Gasteiger partial charge in [0.15, 0.2) is 5.11 Å². The minimum atomic E-state index is -0.467. The molecular weight excluding hydrogens is 434 g/mol. The fraction of sp³-hybridized carbons (Fsp3) is 0.346. The Morgan fingerprint density at radius 3 is 2.55 bits per heavy atom. The van der Waals surface area contributed by atoms with Crippen LogP contribution in [0.15, 0.2) is 65.9 Å². The highest BCUT2D eigenvalue weighted by atomic mass is 32.1. The van der Waals surface area contributed by atoms with Crippen LogP contribution in [0, 0.1) is 5.92 Å². The molecule has 1 aliphatic heterocycles. The number of thiocarbonyl (C=S) groups is 1. The number of ether oxygens (including phenoxy) is 1. The van der Waals surface area contributed by atoms with Crippen molar-refractivity contribution in [2.45, 2.75) is 40.2 Å². The first-order valence-electron chi connectivity index (χ1n) is 11.2. The zero-order valence-corrected chi connectivity index (χ0v) is 20.4. The van der Waals surface area contributed by atoms with Crippen molar-refractivity contribution in [3.05, 3.63) is 77.0 Å². The molecule has 0 spiro atoms. The van der Waals surface area contributed by atoms with Gasteiger partial charge >= 0.3 is 5.97 Å². The predicted molar refractivity (Wildman–Crippen MR) is 135 cm³/mol. The molecular formula is C26H31N3O3S. The lowest BCUT2D eigenvalue weighted by molar-refractivity contribution is -0.140. The molecule has 1 aliphatic rings. The largest absolute Gasteiger partial charge is 0.462 e. The molecule has 3 rings (SSSR count). The van der Waals surface area contributed by atoms with Crippen molar-refractivity contribution in [3.63, 3.8) is 0 Å². The first-order chi connectivity index (χ1) is 15.8. The van der Waals surface area contributed by atoms with E-state index < -0.39 is 6.04 Å². The molecule has 0 unspecified atom stereocenters. The van der Waals surface area contributed by atoms with Gasteiger partial charge in [-0.05, 0) is 55.2 Å². The van der Waals surface area contributed by atoms with Crippen molar-refractivity contribution >= 4 is 34.9 Å². The Kier molecular flexibility index (Phi) is 8.22. The molecule has 0 fully saturated rings. The van der Waals surface area contributed by atoms with Gasteiger partial charge in [-0.3, -0.25) is 4.79 Å². The van der Waals surface area contributed by atoms with Crippen molar-refractivity contribution in [3.8, 4) is 0 Å². The van der Waals surface area contributed by atoms with Crippen LogP contribution in [0.1, 0.15) is 44.9 Å². The summed E-state index contributed by atoms with van der Waals surface area (Å²) in [4.78, 5) is 27.5. The number of carbonyl (C=O) groups excluding carboxylic acids is 2. The van der Waals surface area contributed by atoms with Crippen LogP contribution < -0.4 is 10.6 Å². The summed E-state index contributed by atoms with van der Waals surface area (Å²) in [6.45, 7) is 8.86. The summed E-state index contributed by atoms with van der Waals surface area (Å²) in [7, 11) is 0. The number of esters is 1. The Bertz CT molecular complexity index is 1050. The Morgan fingerprint density at radius 2 is 1.88 bits per heavy atom. The van der Waals surface area contributed by atoms with Gasteiger partial charge in [-0.1, -0.05) is 56.3 Å². The summed E-state index contributed by atoms with van der Waals surface area (Å²) in [6.07, 6.45) is 0.286. The molecule has 174 valence electrons. The number of anilines is 1. The third-order valence-corrected chi connectivity index (χ3v) is 5.73. The van der Waals surface area contributed by atoms with E-state index in [1.807, 2.05) is 87.2 Å². The molecule has 7 heteroatoms. The Morgan fingerprint density at radius 1 is 1.15 bits per heavy atom. The zero-order valence-electron chi connectivity index (χ0n) is 19.6. The van der Waals surface area contributed by atoms with E-state index >= 15 is 0 Å². The van der Waals surface area contributed by atoms with Crippen LogP contribution in [0.2, 0.25) is 0 Å². The third kappa shape index (κ3) is 6.20. The highest BCUT2D eigenvalue weighted by molar-refractivity contribution is 7.80. The Balaban J connectivity index is 1.86. The van der Waals surface area contributed by atoms with Crippen LogP contribution in [-0.2, 0) is 20.7 Å². The van der Waals surface area contributed by atoms with Crippen molar-refractivity contribution in [1.29, 1.82) is 0 Å². The Hall–Kier alpha value is -3.19. The lowest BCUT2D eigenvalue weighted by Crippen LogP contribution is -2.47. The number of rotatable bonds is 8. The molecule has 6 nitrogen and oxygen atoms in total. The SMILES string of the molecule is CCN1C(=S)N[C@H](c2cccc(NC(=O)Cc3ccccc3)c2)C(C(=O)OCC(C)C)=C1C. The van der Waals surface area contributed by atoms with E-state index in [4.69, 9.17) is 17.0 Å². The molecule has 0 aliphatic carbocycles. The van der Waals surface area contributed by atoms with E-state index in [-0.39, 0.29) is 24.2 Å². The lowest BCUT2D eigenvalue weighted by Gasteiger charge is -2.37. The number of hydrogen-bond acceptors (Lipinski definition) is 4. The van der Waals surface area contributed by atoms with Crippen LogP contribution in [0.25, 0.3) is 0 Å². The molecule has 0 bridgehead atoms. The quantitative estimate of drug-likeness (QED) is 0.439. The molecule has 1 heterocycles. The van der Waals surface area contributed by atoms with Gasteiger partial charge in [0, 0.05) is 17.9 Å². The van der Waals surface area contributed by atoms with Crippen LogP contribution in [-0.4, -0.2) is 35.0 Å². The summed E-state index contributed by atoms with van der Waals surface area (Å²) in [6, 6.07) is 16.6. The van der Waals surface area contributed by atoms with E-state index in [1.54, 1.807) is 0 Å². The standard InChI is InChI=1S/C26H31N3O3S/c1-5-29-18(4)23(25(31)32-16-17(2)3)24(28-26(29)33)20-12-9-13-21(15-20)27-22(30)14-19-10-7-6-8-11-19/h6-13,15,17,24H,5,14,16H2,1-4H3,(H,27,30)(H,28,33)/t24-/m1/s1. The van der Waals surface area contributed by atoms with Crippen LogP contribution >= 0.6 is 12.2 Å².